The Labute approximate surface area is 79.0 Å². The molecule has 4 nitrogen and oxygen atoms in total. The zero-order valence-corrected chi connectivity index (χ0v) is 6.92. The first-order chi connectivity index (χ1) is 7.41. The van der Waals surface area contributed by atoms with E-state index < -0.39 is 37.1 Å². The first kappa shape index (κ1) is 4.84. The fourth-order valence-corrected chi connectivity index (χ4v) is 0.644. The minimum atomic E-state index is -2.81. The molecule has 0 saturated carbocycles. The quantitative estimate of drug-likeness (QED) is 0.622. The second-order valence-corrected chi connectivity index (χ2v) is 2.37. The molecule has 0 bridgehead atoms. The monoisotopic (exact) mass is 179 g/mol. The Bertz CT molecular complexity index is 315. The van der Waals surface area contributed by atoms with Crippen molar-refractivity contribution < 1.29 is 21.5 Å². The Balaban J connectivity index is 5.15. The van der Waals surface area contributed by atoms with Crippen LogP contribution in [-0.2, 0) is 9.59 Å². The first-order valence-electron chi connectivity index (χ1n) is 5.91. The Morgan fingerprint density at radius 1 is 1.83 bits per heavy atom. The summed E-state index contributed by atoms with van der Waals surface area (Å²) in [5, 5.41) is 10.8. The molecule has 0 spiro atoms. The molecule has 1 amide bonds. The molecule has 0 fully saturated rings. The van der Waals surface area contributed by atoms with Crippen molar-refractivity contribution >= 4 is 11.9 Å². The molecule has 0 unspecified atom stereocenters. The number of carboxylic acids is 1. The summed E-state index contributed by atoms with van der Waals surface area (Å²) < 4.78 is 36.5. The lowest BCUT2D eigenvalue weighted by atomic mass is 10.1. The number of hydrogen-bond acceptors (Lipinski definition) is 2. The fraction of sp³-hybridized carbons (Fsp3) is 0.750. The molecule has 0 heterocycles. The second-order valence-electron chi connectivity index (χ2n) is 2.37. The third kappa shape index (κ3) is 4.71. The van der Waals surface area contributed by atoms with Gasteiger partial charge in [0, 0.05) is 13.8 Å². The summed E-state index contributed by atoms with van der Waals surface area (Å²) in [5.74, 6) is -4.53. The topological polar surface area (TPSA) is 66.4 Å². The number of amides is 1. The predicted molar refractivity (Wildman–Crippen MR) is 44.7 cm³/mol. The minimum absolute atomic E-state index is 0.698. The maximum absolute atomic E-state index is 10.8. The van der Waals surface area contributed by atoms with E-state index in [1.165, 1.54) is 0 Å². The van der Waals surface area contributed by atoms with E-state index in [1.54, 1.807) is 0 Å². The molecular formula is C8H15NO3. The van der Waals surface area contributed by atoms with Crippen LogP contribution in [0.5, 0.6) is 0 Å². The van der Waals surface area contributed by atoms with Crippen LogP contribution in [0.4, 0.5) is 0 Å². The SMILES string of the molecule is [2H][C@@H]([C@@H](NC(C)=O)C(=O)O)[C@]([2H])([13CH3])C([2H])([2H])[2H]. The predicted octanol–water partition coefficient (Wildman–Crippen LogP) is 0.622. The summed E-state index contributed by atoms with van der Waals surface area (Å²) in [4.78, 5) is 21.6. The molecule has 4 heteroatoms. The van der Waals surface area contributed by atoms with Crippen LogP contribution < -0.4 is 5.32 Å². The Hall–Kier alpha value is -1.06. The van der Waals surface area contributed by atoms with Crippen molar-refractivity contribution in [1.82, 2.24) is 5.32 Å². The van der Waals surface area contributed by atoms with Crippen molar-refractivity contribution in [3.63, 3.8) is 0 Å². The zero-order chi connectivity index (χ0) is 14.0. The van der Waals surface area contributed by atoms with Gasteiger partial charge in [-0.15, -0.1) is 0 Å². The number of nitrogens with one attached hydrogen (secondary N) is 1. The Kier molecular flexibility index (Phi) is 1.91. The number of aliphatic carboxylic acids is 1. The van der Waals surface area contributed by atoms with Gasteiger partial charge in [0.15, 0.2) is 0 Å². The maximum Gasteiger partial charge on any atom is 0.326 e. The average molecular weight is 179 g/mol. The summed E-state index contributed by atoms with van der Waals surface area (Å²) in [6.45, 7) is -0.805. The average Bonchev–Trinajstić information content (AvgIpc) is 2.10. The molecule has 0 radical (unpaired) electrons. The van der Waals surface area contributed by atoms with Crippen molar-refractivity contribution in [3.05, 3.63) is 0 Å². The molecule has 70 valence electrons. The van der Waals surface area contributed by atoms with E-state index in [-0.39, 0.29) is 0 Å². The number of carbonyl (C=O) groups is 2. The molecule has 0 rings (SSSR count). The van der Waals surface area contributed by atoms with Gasteiger partial charge in [-0.25, -0.2) is 4.79 Å². The van der Waals surface area contributed by atoms with Crippen molar-refractivity contribution in [3.8, 4) is 0 Å². The van der Waals surface area contributed by atoms with Gasteiger partial charge in [-0.3, -0.25) is 4.79 Å². The normalized spacial score (nSPS) is 27.3. The molecule has 2 N–H and O–H groups in total. The summed E-state index contributed by atoms with van der Waals surface area (Å²) >= 11 is 0. The lowest BCUT2D eigenvalue weighted by Crippen LogP contribution is -2.40. The first-order valence-corrected chi connectivity index (χ1v) is 3.33. The number of hydrogen-bond donors (Lipinski definition) is 2. The number of carbonyl (C=O) groups excluding carboxylic acids is 1. The van der Waals surface area contributed by atoms with Crippen LogP contribution in [0.1, 0.15) is 34.0 Å². The molecule has 0 aliphatic heterocycles. The third-order valence-corrected chi connectivity index (χ3v) is 1.04. The van der Waals surface area contributed by atoms with Crippen molar-refractivity contribution in [2.45, 2.75) is 33.1 Å². The lowest BCUT2D eigenvalue weighted by molar-refractivity contribution is -0.142. The van der Waals surface area contributed by atoms with E-state index in [9.17, 15) is 9.59 Å². The van der Waals surface area contributed by atoms with Crippen molar-refractivity contribution in [2.75, 3.05) is 0 Å². The molecule has 3 atom stereocenters. The summed E-state index contributed by atoms with van der Waals surface area (Å²) in [6, 6.07) is -1.73. The van der Waals surface area contributed by atoms with Gasteiger partial charge >= 0.3 is 5.97 Å². The van der Waals surface area contributed by atoms with Gasteiger partial charge < -0.3 is 10.4 Å². The van der Waals surface area contributed by atoms with Crippen LogP contribution >= 0.6 is 0 Å². The lowest BCUT2D eigenvalue weighted by Gasteiger charge is -2.14. The standard InChI is InChI=1S/C8H15NO3/c1-5(2)4-7(8(11)12)9-6(3)10/h5,7H,4H2,1-3H3,(H,9,10)(H,11,12)/t7-/m1/s1/i1D3,2+1,4D,5D/t4-,5+,7-. The van der Waals surface area contributed by atoms with E-state index >= 15 is 0 Å². The van der Waals surface area contributed by atoms with Gasteiger partial charge in [0.2, 0.25) is 5.91 Å². The van der Waals surface area contributed by atoms with E-state index in [1.807, 2.05) is 5.32 Å². The largest absolute Gasteiger partial charge is 0.480 e. The van der Waals surface area contributed by atoms with E-state index in [2.05, 4.69) is 0 Å². The summed E-state index contributed by atoms with van der Waals surface area (Å²) in [7, 11) is 0. The molecule has 0 aliphatic rings. The minimum Gasteiger partial charge on any atom is -0.480 e. The van der Waals surface area contributed by atoms with E-state index in [4.69, 9.17) is 12.0 Å². The summed E-state index contributed by atoms with van der Waals surface area (Å²) in [5.41, 5.74) is 0. The molecule has 0 aromatic carbocycles. The number of carboxylic acid groups (broad SMARTS) is 1. The van der Waals surface area contributed by atoms with Gasteiger partial charge in [-0.2, -0.15) is 0 Å². The van der Waals surface area contributed by atoms with Crippen LogP contribution in [0, 0.1) is 5.89 Å². The smallest absolute Gasteiger partial charge is 0.326 e. The van der Waals surface area contributed by atoms with Gasteiger partial charge in [-0.1, -0.05) is 13.8 Å². The molecule has 0 aromatic heterocycles. The van der Waals surface area contributed by atoms with Gasteiger partial charge in [0.05, 0.1) is 0 Å². The molecule has 0 saturated heterocycles. The van der Waals surface area contributed by atoms with Gasteiger partial charge in [0.25, 0.3) is 0 Å². The van der Waals surface area contributed by atoms with Crippen LogP contribution in [-0.4, -0.2) is 23.0 Å². The van der Waals surface area contributed by atoms with Crippen LogP contribution in [0.2, 0.25) is 0 Å². The molecule has 12 heavy (non-hydrogen) atoms. The molecular weight excluding hydrogens is 159 g/mol. The summed E-state index contributed by atoms with van der Waals surface area (Å²) in [6.07, 6.45) is -1.81. The highest BCUT2D eigenvalue weighted by atomic mass is 16.4. The molecule has 0 aromatic rings. The molecule has 0 aliphatic carbocycles. The van der Waals surface area contributed by atoms with Crippen molar-refractivity contribution in [2.24, 2.45) is 5.89 Å². The maximum atomic E-state index is 10.8. The van der Waals surface area contributed by atoms with E-state index in [0.717, 1.165) is 13.8 Å². The highest BCUT2D eigenvalue weighted by Gasteiger charge is 2.18. The van der Waals surface area contributed by atoms with Crippen LogP contribution in [0.25, 0.3) is 0 Å². The number of rotatable bonds is 4. The highest BCUT2D eigenvalue weighted by Crippen LogP contribution is 2.04. The Morgan fingerprint density at radius 2 is 2.42 bits per heavy atom. The third-order valence-electron chi connectivity index (χ3n) is 1.04. The Morgan fingerprint density at radius 3 is 2.75 bits per heavy atom. The van der Waals surface area contributed by atoms with Gasteiger partial charge in [-0.05, 0) is 12.3 Å². The fourth-order valence-electron chi connectivity index (χ4n) is 0.644. The zero-order valence-electron chi connectivity index (χ0n) is 11.9. The highest BCUT2D eigenvalue weighted by molar-refractivity contribution is 5.81. The van der Waals surface area contributed by atoms with Crippen molar-refractivity contribution in [1.29, 1.82) is 0 Å². The van der Waals surface area contributed by atoms with E-state index in [0.29, 0.717) is 0 Å². The van der Waals surface area contributed by atoms with Crippen LogP contribution in [0.3, 0.4) is 0 Å². The van der Waals surface area contributed by atoms with Crippen LogP contribution in [0.15, 0.2) is 0 Å². The second kappa shape index (κ2) is 4.74. The van der Waals surface area contributed by atoms with Gasteiger partial charge in [0.1, 0.15) is 6.04 Å².